The van der Waals surface area contributed by atoms with E-state index in [-0.39, 0.29) is 5.92 Å². The number of benzene rings is 1. The molecular formula is C18H25N7. The zero-order valence-corrected chi connectivity index (χ0v) is 15.7. The maximum atomic E-state index is 4.72. The minimum atomic E-state index is 0.237. The topological polar surface area (TPSA) is 71.8 Å². The van der Waals surface area contributed by atoms with E-state index in [0.717, 1.165) is 22.7 Å². The zero-order valence-electron chi connectivity index (χ0n) is 15.7. The van der Waals surface area contributed by atoms with Gasteiger partial charge in [0, 0.05) is 27.1 Å². The van der Waals surface area contributed by atoms with Gasteiger partial charge in [-0.1, -0.05) is 26.0 Å². The summed E-state index contributed by atoms with van der Waals surface area (Å²) in [7, 11) is 5.90. The Bertz CT molecular complexity index is 870. The summed E-state index contributed by atoms with van der Waals surface area (Å²) in [4.78, 5) is 20.1. The maximum absolute atomic E-state index is 4.72. The van der Waals surface area contributed by atoms with E-state index in [1.54, 1.807) is 0 Å². The van der Waals surface area contributed by atoms with Crippen molar-refractivity contribution in [1.82, 2.24) is 24.5 Å². The molecule has 25 heavy (non-hydrogen) atoms. The summed E-state index contributed by atoms with van der Waals surface area (Å²) in [5.41, 5.74) is 3.38. The third kappa shape index (κ3) is 3.40. The first-order valence-electron chi connectivity index (χ1n) is 8.45. The van der Waals surface area contributed by atoms with E-state index in [4.69, 9.17) is 4.98 Å². The highest BCUT2D eigenvalue weighted by Gasteiger charge is 2.13. The van der Waals surface area contributed by atoms with Gasteiger partial charge in [0.05, 0.1) is 17.6 Å². The number of rotatable bonds is 5. The van der Waals surface area contributed by atoms with E-state index in [0.29, 0.717) is 18.4 Å². The van der Waals surface area contributed by atoms with Gasteiger partial charge in [0.15, 0.2) is 0 Å². The number of hydrogen-bond acceptors (Lipinski definition) is 6. The molecule has 1 N–H and O–H groups in total. The molecule has 0 aliphatic heterocycles. The van der Waals surface area contributed by atoms with Gasteiger partial charge >= 0.3 is 0 Å². The molecule has 3 aromatic rings. The Morgan fingerprint density at radius 3 is 2.52 bits per heavy atom. The molecule has 0 radical (unpaired) electrons. The van der Waals surface area contributed by atoms with E-state index < -0.39 is 0 Å². The number of para-hydroxylation sites is 1. The van der Waals surface area contributed by atoms with Crippen LogP contribution in [0.4, 0.5) is 11.9 Å². The number of hydrogen-bond donors (Lipinski definition) is 1. The molecule has 0 fully saturated rings. The SMILES string of the molecule is Cc1cccc2nc(CNc3nc(C(C)C)nc(N(C)C)n3)n(C)c12. The molecule has 0 spiro atoms. The van der Waals surface area contributed by atoms with Gasteiger partial charge < -0.3 is 14.8 Å². The second-order valence-corrected chi connectivity index (χ2v) is 6.75. The van der Waals surface area contributed by atoms with Gasteiger partial charge in [-0.05, 0) is 18.6 Å². The first kappa shape index (κ1) is 17.1. The Morgan fingerprint density at radius 2 is 1.88 bits per heavy atom. The van der Waals surface area contributed by atoms with Crippen molar-refractivity contribution in [2.75, 3.05) is 24.3 Å². The molecule has 1 aromatic carbocycles. The van der Waals surface area contributed by atoms with E-state index in [9.17, 15) is 0 Å². The molecule has 7 nitrogen and oxygen atoms in total. The second kappa shape index (κ2) is 6.66. The van der Waals surface area contributed by atoms with Crippen molar-refractivity contribution < 1.29 is 0 Å². The molecule has 0 atom stereocenters. The highest BCUT2D eigenvalue weighted by Crippen LogP contribution is 2.20. The van der Waals surface area contributed by atoms with Gasteiger partial charge in [-0.15, -0.1) is 0 Å². The monoisotopic (exact) mass is 339 g/mol. The van der Waals surface area contributed by atoms with Crippen molar-refractivity contribution in [2.24, 2.45) is 7.05 Å². The van der Waals surface area contributed by atoms with Crippen LogP contribution in [0.1, 0.15) is 37.0 Å². The van der Waals surface area contributed by atoms with E-state index in [2.05, 4.69) is 51.7 Å². The predicted molar refractivity (Wildman–Crippen MR) is 101 cm³/mol. The molecule has 0 aliphatic rings. The van der Waals surface area contributed by atoms with Gasteiger partial charge in [-0.3, -0.25) is 0 Å². The number of nitrogens with one attached hydrogen (secondary N) is 1. The van der Waals surface area contributed by atoms with Crippen LogP contribution in [-0.2, 0) is 13.6 Å². The van der Waals surface area contributed by atoms with Gasteiger partial charge in [0.1, 0.15) is 11.6 Å². The minimum absolute atomic E-state index is 0.237. The first-order valence-corrected chi connectivity index (χ1v) is 8.45. The van der Waals surface area contributed by atoms with Gasteiger partial charge in [-0.25, -0.2) is 4.98 Å². The zero-order chi connectivity index (χ0) is 18.1. The Hall–Kier alpha value is -2.70. The lowest BCUT2D eigenvalue weighted by Gasteiger charge is -2.14. The van der Waals surface area contributed by atoms with Crippen molar-refractivity contribution in [3.05, 3.63) is 35.4 Å². The molecular weight excluding hydrogens is 314 g/mol. The van der Waals surface area contributed by atoms with E-state index in [1.807, 2.05) is 38.2 Å². The number of anilines is 2. The predicted octanol–water partition coefficient (Wildman–Crippen LogP) is 2.87. The van der Waals surface area contributed by atoms with Gasteiger partial charge in [-0.2, -0.15) is 15.0 Å². The van der Waals surface area contributed by atoms with Crippen LogP contribution in [0.25, 0.3) is 11.0 Å². The van der Waals surface area contributed by atoms with Crippen molar-refractivity contribution >= 4 is 22.9 Å². The quantitative estimate of drug-likeness (QED) is 0.771. The van der Waals surface area contributed by atoms with E-state index in [1.165, 1.54) is 5.56 Å². The van der Waals surface area contributed by atoms with Gasteiger partial charge in [0.2, 0.25) is 11.9 Å². The molecule has 3 rings (SSSR count). The molecule has 0 aliphatic carbocycles. The molecule has 0 unspecified atom stereocenters. The fourth-order valence-electron chi connectivity index (χ4n) is 2.75. The van der Waals surface area contributed by atoms with Crippen LogP contribution in [0, 0.1) is 6.92 Å². The molecule has 132 valence electrons. The summed E-state index contributed by atoms with van der Waals surface area (Å²) in [6, 6.07) is 6.17. The van der Waals surface area contributed by atoms with E-state index >= 15 is 0 Å². The third-order valence-corrected chi connectivity index (χ3v) is 4.15. The Balaban J connectivity index is 1.89. The lowest BCUT2D eigenvalue weighted by Crippen LogP contribution is -2.17. The lowest BCUT2D eigenvalue weighted by atomic mass is 10.2. The fourth-order valence-corrected chi connectivity index (χ4v) is 2.75. The molecule has 0 saturated heterocycles. The van der Waals surface area contributed by atoms with Crippen LogP contribution < -0.4 is 10.2 Å². The summed E-state index contributed by atoms with van der Waals surface area (Å²) in [5, 5.41) is 3.30. The Labute approximate surface area is 148 Å². The first-order chi connectivity index (χ1) is 11.9. The number of aromatic nitrogens is 5. The third-order valence-electron chi connectivity index (χ3n) is 4.15. The number of fused-ring (bicyclic) bond motifs is 1. The van der Waals surface area contributed by atoms with Crippen molar-refractivity contribution in [2.45, 2.75) is 33.2 Å². The normalized spacial score (nSPS) is 11.3. The van der Waals surface area contributed by atoms with Crippen molar-refractivity contribution in [1.29, 1.82) is 0 Å². The lowest BCUT2D eigenvalue weighted by molar-refractivity contribution is 0.750. The van der Waals surface area contributed by atoms with Crippen LogP contribution in [0.15, 0.2) is 18.2 Å². The standard InChI is InChI=1S/C18H25N7/c1-11(2)16-21-17(23-18(22-16)24(4)5)19-10-14-20-13-9-7-8-12(3)15(13)25(14)6/h7-9,11H,10H2,1-6H3,(H,19,21,22,23). The number of imidazole rings is 1. The molecule has 0 amide bonds. The smallest absolute Gasteiger partial charge is 0.229 e. The molecule has 2 aromatic heterocycles. The Morgan fingerprint density at radius 1 is 1.12 bits per heavy atom. The molecule has 0 bridgehead atoms. The maximum Gasteiger partial charge on any atom is 0.229 e. The molecule has 2 heterocycles. The largest absolute Gasteiger partial charge is 0.347 e. The number of nitrogens with zero attached hydrogens (tertiary/aromatic N) is 6. The average molecular weight is 339 g/mol. The highest BCUT2D eigenvalue weighted by atomic mass is 15.3. The van der Waals surface area contributed by atoms with Crippen LogP contribution in [-0.4, -0.2) is 38.6 Å². The summed E-state index contributed by atoms with van der Waals surface area (Å²) >= 11 is 0. The minimum Gasteiger partial charge on any atom is -0.347 e. The van der Waals surface area contributed by atoms with Crippen LogP contribution >= 0.6 is 0 Å². The van der Waals surface area contributed by atoms with Crippen molar-refractivity contribution in [3.8, 4) is 0 Å². The van der Waals surface area contributed by atoms with Gasteiger partial charge in [0.25, 0.3) is 0 Å². The fraction of sp³-hybridized carbons (Fsp3) is 0.444. The average Bonchev–Trinajstić information content (AvgIpc) is 2.90. The summed E-state index contributed by atoms with van der Waals surface area (Å²) < 4.78 is 2.12. The Kier molecular flexibility index (Phi) is 4.57. The highest BCUT2D eigenvalue weighted by molar-refractivity contribution is 5.79. The van der Waals surface area contributed by atoms with Crippen LogP contribution in [0.5, 0.6) is 0 Å². The number of aryl methyl sites for hydroxylation is 2. The summed E-state index contributed by atoms with van der Waals surface area (Å²) in [6.45, 7) is 6.81. The molecule has 7 heteroatoms. The van der Waals surface area contributed by atoms with Crippen LogP contribution in [0.2, 0.25) is 0 Å². The van der Waals surface area contributed by atoms with Crippen LogP contribution in [0.3, 0.4) is 0 Å². The molecule has 0 saturated carbocycles. The second-order valence-electron chi connectivity index (χ2n) is 6.75. The van der Waals surface area contributed by atoms with Crippen molar-refractivity contribution in [3.63, 3.8) is 0 Å². The summed E-state index contributed by atoms with van der Waals surface area (Å²) in [6.07, 6.45) is 0. The summed E-state index contributed by atoms with van der Waals surface area (Å²) in [5.74, 6) is 3.19.